The molecule has 2 N–H and O–H groups in total. The highest BCUT2D eigenvalue weighted by atomic mass is 79.9. The fourth-order valence-corrected chi connectivity index (χ4v) is 5.96. The van der Waals surface area contributed by atoms with Gasteiger partial charge in [-0.25, -0.2) is 4.39 Å². The maximum atomic E-state index is 13.3. The van der Waals surface area contributed by atoms with Gasteiger partial charge in [0.2, 0.25) is 5.91 Å². The molecule has 0 aliphatic carbocycles. The van der Waals surface area contributed by atoms with Crippen LogP contribution in [0.2, 0.25) is 10.0 Å². The minimum Gasteiger partial charge on any atom is -0.325 e. The predicted molar refractivity (Wildman–Crippen MR) is 108 cm³/mol. The average Bonchev–Trinajstić information content (AvgIpc) is 2.92. The van der Waals surface area contributed by atoms with Gasteiger partial charge in [0.1, 0.15) is 11.9 Å². The molecule has 12 heteroatoms. The van der Waals surface area contributed by atoms with Gasteiger partial charge in [-0.2, -0.15) is 17.4 Å². The molecule has 2 atom stereocenters. The van der Waals surface area contributed by atoms with Crippen molar-refractivity contribution in [1.29, 1.82) is 0 Å². The number of hydrogen-bond donors (Lipinski definition) is 2. The molecule has 1 fully saturated rings. The van der Waals surface area contributed by atoms with Crippen LogP contribution >= 0.6 is 50.5 Å². The van der Waals surface area contributed by atoms with E-state index >= 15 is 0 Å². The molecule has 1 aliphatic rings. The third kappa shape index (κ3) is 4.47. The lowest BCUT2D eigenvalue weighted by molar-refractivity contribution is -0.120. The third-order valence-corrected chi connectivity index (χ3v) is 8.54. The normalized spacial score (nSPS) is 22.6. The van der Waals surface area contributed by atoms with E-state index < -0.39 is 34.0 Å². The molecule has 1 aromatic heterocycles. The van der Waals surface area contributed by atoms with Gasteiger partial charge in [0.15, 0.2) is 0 Å². The Kier molecular flexibility index (Phi) is 6.17. The fourth-order valence-electron chi connectivity index (χ4n) is 2.63. The van der Waals surface area contributed by atoms with Crippen molar-refractivity contribution < 1.29 is 17.6 Å². The van der Waals surface area contributed by atoms with E-state index in [4.69, 9.17) is 23.2 Å². The zero-order chi connectivity index (χ0) is 19.9. The average molecular weight is 517 g/mol. The van der Waals surface area contributed by atoms with Crippen LogP contribution in [-0.2, 0) is 15.0 Å². The molecule has 0 saturated carbocycles. The number of nitrogens with one attached hydrogen (secondary N) is 2. The Balaban J connectivity index is 1.85. The van der Waals surface area contributed by atoms with Crippen LogP contribution in [0.1, 0.15) is 17.3 Å². The molecule has 0 radical (unpaired) electrons. The Morgan fingerprint density at radius 2 is 2.07 bits per heavy atom. The van der Waals surface area contributed by atoms with E-state index in [1.54, 1.807) is 6.07 Å². The first-order chi connectivity index (χ1) is 12.6. The number of halogens is 4. The van der Waals surface area contributed by atoms with Crippen LogP contribution in [0.5, 0.6) is 0 Å². The lowest BCUT2D eigenvalue weighted by Gasteiger charge is -2.35. The van der Waals surface area contributed by atoms with E-state index in [1.807, 2.05) is 0 Å². The summed E-state index contributed by atoms with van der Waals surface area (Å²) in [5.41, 5.74) is 0.272. The second-order valence-electron chi connectivity index (χ2n) is 5.83. The Labute approximate surface area is 178 Å². The van der Waals surface area contributed by atoms with Crippen molar-refractivity contribution in [3.63, 3.8) is 0 Å². The summed E-state index contributed by atoms with van der Waals surface area (Å²) >= 11 is 16.3. The van der Waals surface area contributed by atoms with Gasteiger partial charge < -0.3 is 5.32 Å². The van der Waals surface area contributed by atoms with Gasteiger partial charge in [0, 0.05) is 17.6 Å². The first-order valence-corrected chi connectivity index (χ1v) is 11.3. The minimum absolute atomic E-state index is 0.143. The van der Waals surface area contributed by atoms with Crippen molar-refractivity contribution in [1.82, 2.24) is 9.03 Å². The summed E-state index contributed by atoms with van der Waals surface area (Å²) in [4.78, 5) is 13.4. The summed E-state index contributed by atoms with van der Waals surface area (Å²) in [5.74, 6) is -1.16. The number of carbonyl (C=O) groups is 1. The standard InChI is InChI=1S/C15H13BrCl2FN3O3S2/c1-22-12(15(23)20-7-2-3-10(19)8(17)4-7)6-11(21-27(22,24)25)13-5-9(18)14(16)26-13/h2-5,11-12,21H,6H2,1H3,(H,20,23). The molecular weight excluding hydrogens is 504 g/mol. The number of likely N-dealkylation sites (N-methyl/N-ethyl adjacent to an activating group) is 1. The lowest BCUT2D eigenvalue weighted by Crippen LogP contribution is -2.55. The number of thiophene rings is 1. The lowest BCUT2D eigenvalue weighted by atomic mass is 10.1. The highest BCUT2D eigenvalue weighted by molar-refractivity contribution is 9.11. The van der Waals surface area contributed by atoms with E-state index in [9.17, 15) is 17.6 Å². The molecule has 2 heterocycles. The summed E-state index contributed by atoms with van der Waals surface area (Å²) < 4.78 is 42.4. The smallest absolute Gasteiger partial charge is 0.280 e. The summed E-state index contributed by atoms with van der Waals surface area (Å²) in [6.07, 6.45) is 0.194. The quantitative estimate of drug-likeness (QED) is 0.642. The maximum absolute atomic E-state index is 13.3. The Hall–Kier alpha value is -0.750. The van der Waals surface area contributed by atoms with E-state index in [2.05, 4.69) is 26.0 Å². The number of hydrogen-bond acceptors (Lipinski definition) is 4. The molecule has 0 spiro atoms. The number of carbonyl (C=O) groups excluding carboxylic acids is 1. The van der Waals surface area contributed by atoms with Gasteiger partial charge in [-0.05, 0) is 46.6 Å². The molecular formula is C15H13BrCl2FN3O3S2. The SMILES string of the molecule is CN1C(C(=O)Nc2ccc(F)c(Cl)c2)CC(c2cc(Cl)c(Br)s2)NS1(=O)=O. The summed E-state index contributed by atoms with van der Waals surface area (Å²) in [7, 11) is -2.56. The van der Waals surface area contributed by atoms with E-state index in [-0.39, 0.29) is 17.1 Å². The molecule has 1 aromatic carbocycles. The zero-order valence-corrected chi connectivity index (χ0v) is 18.4. The van der Waals surface area contributed by atoms with E-state index in [0.717, 1.165) is 10.4 Å². The monoisotopic (exact) mass is 515 g/mol. The third-order valence-electron chi connectivity index (χ3n) is 4.07. The number of rotatable bonds is 3. The maximum Gasteiger partial charge on any atom is 0.280 e. The second kappa shape index (κ2) is 7.94. The number of nitrogens with zero attached hydrogens (tertiary/aromatic N) is 1. The van der Waals surface area contributed by atoms with Crippen molar-refractivity contribution >= 4 is 72.3 Å². The molecule has 2 unspecified atom stereocenters. The van der Waals surface area contributed by atoms with Crippen LogP contribution in [0, 0.1) is 5.82 Å². The fraction of sp³-hybridized carbons (Fsp3) is 0.267. The number of benzene rings is 1. The largest absolute Gasteiger partial charge is 0.325 e. The topological polar surface area (TPSA) is 78.5 Å². The van der Waals surface area contributed by atoms with E-state index in [0.29, 0.717) is 13.7 Å². The Morgan fingerprint density at radius 1 is 1.37 bits per heavy atom. The first-order valence-electron chi connectivity index (χ1n) is 7.54. The summed E-state index contributed by atoms with van der Waals surface area (Å²) in [6.45, 7) is 0. The molecule has 146 valence electrons. The zero-order valence-electron chi connectivity index (χ0n) is 13.7. The van der Waals surface area contributed by atoms with Crippen LogP contribution in [0.4, 0.5) is 10.1 Å². The van der Waals surface area contributed by atoms with Gasteiger partial charge in [-0.1, -0.05) is 23.2 Å². The molecule has 27 heavy (non-hydrogen) atoms. The Bertz CT molecular complexity index is 983. The van der Waals surface area contributed by atoms with Gasteiger partial charge in [0.25, 0.3) is 10.2 Å². The van der Waals surface area contributed by atoms with Gasteiger partial charge in [-0.15, -0.1) is 11.3 Å². The second-order valence-corrected chi connectivity index (χ2v) is 10.8. The van der Waals surface area contributed by atoms with Crippen molar-refractivity contribution in [2.75, 3.05) is 12.4 Å². The molecule has 0 bridgehead atoms. The number of amides is 1. The molecule has 3 rings (SSSR count). The van der Waals surface area contributed by atoms with Gasteiger partial charge >= 0.3 is 0 Å². The highest BCUT2D eigenvalue weighted by Crippen LogP contribution is 2.39. The molecule has 1 saturated heterocycles. The Morgan fingerprint density at radius 3 is 2.67 bits per heavy atom. The minimum atomic E-state index is -3.88. The van der Waals surface area contributed by atoms with Gasteiger partial charge in [-0.3, -0.25) is 4.79 Å². The molecule has 1 aliphatic heterocycles. The predicted octanol–water partition coefficient (Wildman–Crippen LogP) is 4.17. The summed E-state index contributed by atoms with van der Waals surface area (Å²) in [5, 5.41) is 2.90. The number of anilines is 1. The van der Waals surface area contributed by atoms with Crippen molar-refractivity contribution in [3.8, 4) is 0 Å². The molecule has 2 aromatic rings. The summed E-state index contributed by atoms with van der Waals surface area (Å²) in [6, 6.07) is 3.82. The molecule has 1 amide bonds. The van der Waals surface area contributed by atoms with E-state index in [1.165, 1.54) is 30.5 Å². The molecule has 6 nitrogen and oxygen atoms in total. The van der Waals surface area contributed by atoms with Crippen molar-refractivity contribution in [2.45, 2.75) is 18.5 Å². The van der Waals surface area contributed by atoms with Gasteiger partial charge in [0.05, 0.1) is 19.9 Å². The van der Waals surface area contributed by atoms with Crippen molar-refractivity contribution in [3.05, 3.63) is 48.8 Å². The van der Waals surface area contributed by atoms with Crippen LogP contribution in [-0.4, -0.2) is 31.7 Å². The van der Waals surface area contributed by atoms with Crippen molar-refractivity contribution in [2.24, 2.45) is 0 Å². The van der Waals surface area contributed by atoms with Crippen LogP contribution in [0.25, 0.3) is 0 Å². The van der Waals surface area contributed by atoms with Crippen LogP contribution < -0.4 is 10.0 Å². The van der Waals surface area contributed by atoms with Crippen LogP contribution in [0.3, 0.4) is 0 Å². The highest BCUT2D eigenvalue weighted by Gasteiger charge is 2.41. The first kappa shape index (κ1) is 21.0. The van der Waals surface area contributed by atoms with Crippen LogP contribution in [0.15, 0.2) is 28.1 Å².